The molecule has 1 heterocycles. The van der Waals surface area contributed by atoms with Gasteiger partial charge in [0, 0.05) is 38.8 Å². The van der Waals surface area contributed by atoms with E-state index < -0.39 is 15.5 Å². The molecule has 0 atom stereocenters. The fraction of sp³-hybridized carbons (Fsp3) is 0.944. The van der Waals surface area contributed by atoms with Gasteiger partial charge in [-0.1, -0.05) is 19.3 Å². The Balaban J connectivity index is 0.00000450. The largest absolute Gasteiger partial charge is 0.511 e. The van der Waals surface area contributed by atoms with Crippen LogP contribution in [0.25, 0.3) is 0 Å². The minimum absolute atomic E-state index is 0. The molecule has 2 fully saturated rings. The van der Waals surface area contributed by atoms with Crippen LogP contribution in [0.5, 0.6) is 0 Å². The van der Waals surface area contributed by atoms with Gasteiger partial charge in [-0.15, -0.1) is 24.0 Å². The number of piperidine rings is 1. The topological polar surface area (TPSA) is 77.0 Å². The zero-order chi connectivity index (χ0) is 21.5. The molecule has 7 nitrogen and oxygen atoms in total. The Hall–Kier alpha value is -0.340. The van der Waals surface area contributed by atoms with Gasteiger partial charge >= 0.3 is 15.5 Å². The summed E-state index contributed by atoms with van der Waals surface area (Å²) in [6.45, 7) is 1.45. The van der Waals surface area contributed by atoms with E-state index in [0.717, 1.165) is 19.5 Å². The molecule has 0 aromatic heterocycles. The molecule has 178 valence electrons. The monoisotopic (exact) mass is 569 g/mol. The van der Waals surface area contributed by atoms with E-state index in [1.165, 1.54) is 32.1 Å². The first-order valence-electron chi connectivity index (χ1n) is 10.4. The Bertz CT molecular complexity index is 634. The normalized spacial score (nSPS) is 20.8. The number of aliphatic imine (C=N–C) groups is 1. The van der Waals surface area contributed by atoms with Gasteiger partial charge in [-0.2, -0.15) is 17.5 Å². The second-order valence-electron chi connectivity index (χ2n) is 7.89. The molecule has 0 radical (unpaired) electrons. The standard InChI is InChI=1S/C18H34F3N5O2S.HI/c1-22-17(23-11-6-12-25(2)16-7-4-3-5-8-16)24-15-9-13-26(14-10-15)29(27,28)18(19,20)21;/h15-16H,3-14H2,1-2H3,(H2,22,23,24);1H. The summed E-state index contributed by atoms with van der Waals surface area (Å²) in [4.78, 5) is 6.59. The van der Waals surface area contributed by atoms with Gasteiger partial charge in [0.15, 0.2) is 5.96 Å². The molecule has 1 aliphatic carbocycles. The molecule has 1 saturated carbocycles. The van der Waals surface area contributed by atoms with Crippen LogP contribution in [0.1, 0.15) is 51.4 Å². The molecule has 1 saturated heterocycles. The van der Waals surface area contributed by atoms with E-state index in [4.69, 9.17) is 0 Å². The molecule has 1 aliphatic heterocycles. The average molecular weight is 569 g/mol. The summed E-state index contributed by atoms with van der Waals surface area (Å²) in [5.41, 5.74) is -5.24. The van der Waals surface area contributed by atoms with Crippen molar-refractivity contribution in [2.45, 2.75) is 69.0 Å². The molecule has 2 aliphatic rings. The number of guanidine groups is 1. The van der Waals surface area contributed by atoms with Crippen LogP contribution in [-0.2, 0) is 10.0 Å². The van der Waals surface area contributed by atoms with E-state index in [9.17, 15) is 21.6 Å². The van der Waals surface area contributed by atoms with Crippen molar-refractivity contribution in [2.24, 2.45) is 4.99 Å². The molecule has 2 N–H and O–H groups in total. The molecule has 2 rings (SSSR count). The predicted molar refractivity (Wildman–Crippen MR) is 124 cm³/mol. The van der Waals surface area contributed by atoms with Crippen molar-refractivity contribution >= 4 is 40.0 Å². The smallest absolute Gasteiger partial charge is 0.356 e. The Labute approximate surface area is 195 Å². The summed E-state index contributed by atoms with van der Waals surface area (Å²) in [6.07, 6.45) is 8.09. The fourth-order valence-corrected chi connectivity index (χ4v) is 5.00. The van der Waals surface area contributed by atoms with Crippen molar-refractivity contribution in [2.75, 3.05) is 40.3 Å². The van der Waals surface area contributed by atoms with Crippen LogP contribution < -0.4 is 10.6 Å². The maximum absolute atomic E-state index is 12.7. The van der Waals surface area contributed by atoms with Crippen LogP contribution in [0.2, 0.25) is 0 Å². The van der Waals surface area contributed by atoms with Crippen molar-refractivity contribution < 1.29 is 21.6 Å². The van der Waals surface area contributed by atoms with E-state index in [2.05, 4.69) is 27.6 Å². The van der Waals surface area contributed by atoms with Gasteiger partial charge in [0.1, 0.15) is 0 Å². The second-order valence-corrected chi connectivity index (χ2v) is 9.82. The quantitative estimate of drug-likeness (QED) is 0.214. The molecule has 0 spiro atoms. The highest BCUT2D eigenvalue weighted by atomic mass is 127. The summed E-state index contributed by atoms with van der Waals surface area (Å²) >= 11 is 0. The van der Waals surface area contributed by atoms with Gasteiger partial charge in [0.25, 0.3) is 0 Å². The third-order valence-electron chi connectivity index (χ3n) is 5.83. The van der Waals surface area contributed by atoms with Crippen LogP contribution in [-0.4, -0.2) is 81.4 Å². The van der Waals surface area contributed by atoms with Crippen LogP contribution >= 0.6 is 24.0 Å². The van der Waals surface area contributed by atoms with Gasteiger partial charge in [0.05, 0.1) is 0 Å². The van der Waals surface area contributed by atoms with Gasteiger partial charge in [-0.05, 0) is 45.7 Å². The lowest BCUT2D eigenvalue weighted by Crippen LogP contribution is -2.51. The van der Waals surface area contributed by atoms with Crippen molar-refractivity contribution in [3.05, 3.63) is 0 Å². The van der Waals surface area contributed by atoms with Crippen molar-refractivity contribution in [1.29, 1.82) is 0 Å². The maximum atomic E-state index is 12.7. The van der Waals surface area contributed by atoms with Gasteiger partial charge in [-0.25, -0.2) is 8.42 Å². The summed E-state index contributed by atoms with van der Waals surface area (Å²) in [6, 6.07) is 0.574. The first-order valence-corrected chi connectivity index (χ1v) is 11.8. The SMILES string of the molecule is CN=C(NCCCN(C)C1CCCCC1)NC1CCN(S(=O)(=O)C(F)(F)F)CC1.I. The molecule has 0 aromatic rings. The second kappa shape index (κ2) is 12.6. The Morgan fingerprint density at radius 1 is 1.13 bits per heavy atom. The van der Waals surface area contributed by atoms with Crippen molar-refractivity contribution in [1.82, 2.24) is 19.8 Å². The number of sulfonamides is 1. The van der Waals surface area contributed by atoms with Crippen LogP contribution in [0, 0.1) is 0 Å². The minimum Gasteiger partial charge on any atom is -0.356 e. The highest BCUT2D eigenvalue weighted by Gasteiger charge is 2.50. The number of nitrogens with one attached hydrogen (secondary N) is 2. The molecular formula is C18H35F3IN5O2S. The summed E-state index contributed by atoms with van der Waals surface area (Å²) in [7, 11) is -1.42. The van der Waals surface area contributed by atoms with Crippen LogP contribution in [0.15, 0.2) is 4.99 Å². The number of nitrogens with zero attached hydrogens (tertiary/aromatic N) is 3. The van der Waals surface area contributed by atoms with Crippen LogP contribution in [0.4, 0.5) is 13.2 Å². The molecule has 12 heteroatoms. The lowest BCUT2D eigenvalue weighted by molar-refractivity contribution is -0.0494. The Kier molecular flexibility index (Phi) is 11.7. The number of alkyl halides is 3. The van der Waals surface area contributed by atoms with E-state index in [1.54, 1.807) is 7.05 Å². The number of hydrogen-bond donors (Lipinski definition) is 2. The summed E-state index contributed by atoms with van der Waals surface area (Å²) in [5.74, 6) is 0.599. The molecular weight excluding hydrogens is 534 g/mol. The molecule has 0 amide bonds. The third kappa shape index (κ3) is 7.97. The zero-order valence-corrected chi connectivity index (χ0v) is 20.9. The average Bonchev–Trinajstić information content (AvgIpc) is 2.70. The molecule has 0 bridgehead atoms. The summed E-state index contributed by atoms with van der Waals surface area (Å²) in [5, 5.41) is 6.43. The van der Waals surface area contributed by atoms with Crippen molar-refractivity contribution in [3.63, 3.8) is 0 Å². The molecule has 0 aromatic carbocycles. The first kappa shape index (κ1) is 27.7. The number of rotatable bonds is 7. The van der Waals surface area contributed by atoms with Crippen LogP contribution in [0.3, 0.4) is 0 Å². The first-order chi connectivity index (χ1) is 13.6. The predicted octanol–water partition coefficient (Wildman–Crippen LogP) is 2.74. The Morgan fingerprint density at radius 3 is 2.27 bits per heavy atom. The number of hydrogen-bond acceptors (Lipinski definition) is 4. The lowest BCUT2D eigenvalue weighted by atomic mass is 9.94. The third-order valence-corrected chi connectivity index (χ3v) is 7.46. The summed E-state index contributed by atoms with van der Waals surface area (Å²) < 4.78 is 61.4. The van der Waals surface area contributed by atoms with Gasteiger partial charge in [-0.3, -0.25) is 4.99 Å². The van der Waals surface area contributed by atoms with Crippen molar-refractivity contribution in [3.8, 4) is 0 Å². The van der Waals surface area contributed by atoms with Gasteiger partial charge in [0.2, 0.25) is 0 Å². The highest BCUT2D eigenvalue weighted by Crippen LogP contribution is 2.29. The van der Waals surface area contributed by atoms with E-state index >= 15 is 0 Å². The van der Waals surface area contributed by atoms with Gasteiger partial charge < -0.3 is 15.5 Å². The van der Waals surface area contributed by atoms with E-state index in [0.29, 0.717) is 29.1 Å². The molecule has 0 unspecified atom stereocenters. The zero-order valence-electron chi connectivity index (χ0n) is 17.7. The maximum Gasteiger partial charge on any atom is 0.511 e. The number of halogens is 4. The van der Waals surface area contributed by atoms with E-state index in [1.807, 2.05) is 0 Å². The lowest BCUT2D eigenvalue weighted by Gasteiger charge is -2.33. The molecule has 30 heavy (non-hydrogen) atoms. The highest BCUT2D eigenvalue weighted by molar-refractivity contribution is 14.0. The Morgan fingerprint density at radius 2 is 1.73 bits per heavy atom. The minimum atomic E-state index is -5.24. The fourth-order valence-electron chi connectivity index (χ4n) is 4.01. The van der Waals surface area contributed by atoms with E-state index in [-0.39, 0.29) is 43.1 Å².